The number of hydrogen-bond acceptors (Lipinski definition) is 7. The van der Waals surface area contributed by atoms with Crippen LogP contribution in [0.25, 0.3) is 0 Å². The standard InChI is InChI=1S/C9H19N3O3.C4H4O4/c10-4-1-5-11-6-2-9(3-7-11)8-15-12(13)14;5-3(6)1-2-4(7)8/h9H,1-8,10H2;1-2H,(H,5,6)(H,7,8)/b;2-1+. The fourth-order valence-corrected chi connectivity index (χ4v) is 2.00. The van der Waals surface area contributed by atoms with Crippen molar-refractivity contribution >= 4 is 11.9 Å². The molecule has 1 rings (SSSR count). The average molecular weight is 333 g/mol. The second-order valence-corrected chi connectivity index (χ2v) is 4.96. The van der Waals surface area contributed by atoms with E-state index >= 15 is 0 Å². The zero-order chi connectivity index (χ0) is 17.7. The lowest BCUT2D eigenvalue weighted by molar-refractivity contribution is -0.759. The van der Waals surface area contributed by atoms with Crippen molar-refractivity contribution in [3.05, 3.63) is 22.3 Å². The van der Waals surface area contributed by atoms with Crippen LogP contribution in [0.5, 0.6) is 0 Å². The summed E-state index contributed by atoms with van der Waals surface area (Å²) in [6, 6.07) is 0. The number of rotatable bonds is 8. The molecular weight excluding hydrogens is 310 g/mol. The van der Waals surface area contributed by atoms with Crippen LogP contribution in [0, 0.1) is 16.0 Å². The number of carbonyl (C=O) groups is 2. The van der Waals surface area contributed by atoms with Gasteiger partial charge in [-0.3, -0.25) is 0 Å². The molecule has 1 saturated heterocycles. The third-order valence-corrected chi connectivity index (χ3v) is 3.17. The molecule has 4 N–H and O–H groups in total. The largest absolute Gasteiger partial charge is 0.478 e. The predicted octanol–water partition coefficient (Wildman–Crippen LogP) is -0.0327. The summed E-state index contributed by atoms with van der Waals surface area (Å²) in [6.45, 7) is 4.03. The molecule has 0 radical (unpaired) electrons. The summed E-state index contributed by atoms with van der Waals surface area (Å²) in [4.78, 5) is 35.9. The van der Waals surface area contributed by atoms with E-state index in [1.807, 2.05) is 0 Å². The summed E-state index contributed by atoms with van der Waals surface area (Å²) in [5.41, 5.74) is 5.43. The summed E-state index contributed by atoms with van der Waals surface area (Å²) < 4.78 is 0. The molecule has 1 aliphatic rings. The van der Waals surface area contributed by atoms with E-state index in [-0.39, 0.29) is 6.61 Å². The van der Waals surface area contributed by atoms with Crippen molar-refractivity contribution in [1.29, 1.82) is 0 Å². The van der Waals surface area contributed by atoms with Crippen LogP contribution in [-0.2, 0) is 14.4 Å². The number of nitrogens with zero attached hydrogens (tertiary/aromatic N) is 2. The summed E-state index contributed by atoms with van der Waals surface area (Å²) in [5, 5.41) is 24.9. The lowest BCUT2D eigenvalue weighted by Crippen LogP contribution is -2.36. The number of hydrogen-bond donors (Lipinski definition) is 3. The van der Waals surface area contributed by atoms with Crippen LogP contribution in [-0.4, -0.2) is 64.9 Å². The Morgan fingerprint density at radius 1 is 1.26 bits per heavy atom. The highest BCUT2D eigenvalue weighted by Crippen LogP contribution is 2.17. The molecule has 0 aromatic rings. The van der Waals surface area contributed by atoms with Crippen LogP contribution in [0.1, 0.15) is 19.3 Å². The zero-order valence-corrected chi connectivity index (χ0v) is 12.8. The van der Waals surface area contributed by atoms with Gasteiger partial charge >= 0.3 is 11.9 Å². The molecule has 0 aromatic carbocycles. The van der Waals surface area contributed by atoms with Crippen molar-refractivity contribution in [3.63, 3.8) is 0 Å². The highest BCUT2D eigenvalue weighted by atomic mass is 16.9. The molecular formula is C13H23N3O7. The second-order valence-electron chi connectivity index (χ2n) is 4.96. The summed E-state index contributed by atoms with van der Waals surface area (Å²) in [5.74, 6) is -2.18. The number of carboxylic acid groups (broad SMARTS) is 2. The fourth-order valence-electron chi connectivity index (χ4n) is 2.00. The maximum Gasteiger partial charge on any atom is 0.328 e. The molecule has 0 bridgehead atoms. The molecule has 0 atom stereocenters. The van der Waals surface area contributed by atoms with Crippen LogP contribution in [0.2, 0.25) is 0 Å². The Morgan fingerprint density at radius 3 is 2.17 bits per heavy atom. The van der Waals surface area contributed by atoms with E-state index in [9.17, 15) is 19.7 Å². The van der Waals surface area contributed by atoms with Crippen LogP contribution in [0.15, 0.2) is 12.2 Å². The Kier molecular flexibility index (Phi) is 11.2. The first-order valence-corrected chi connectivity index (χ1v) is 7.18. The lowest BCUT2D eigenvalue weighted by Gasteiger charge is -2.31. The van der Waals surface area contributed by atoms with Gasteiger partial charge in [-0.05, 0) is 51.4 Å². The minimum absolute atomic E-state index is 0.248. The molecule has 23 heavy (non-hydrogen) atoms. The summed E-state index contributed by atoms with van der Waals surface area (Å²) >= 11 is 0. The van der Waals surface area contributed by atoms with Gasteiger partial charge in [-0.15, -0.1) is 10.1 Å². The molecule has 1 heterocycles. The van der Waals surface area contributed by atoms with E-state index in [1.165, 1.54) is 0 Å². The van der Waals surface area contributed by atoms with Crippen LogP contribution in [0.3, 0.4) is 0 Å². The SMILES string of the molecule is NCCCN1CCC(CO[N+](=O)[O-])CC1.O=C(O)/C=C/C(=O)O. The number of aliphatic carboxylic acids is 2. The van der Waals surface area contributed by atoms with Gasteiger partial charge in [0.25, 0.3) is 5.09 Å². The molecule has 132 valence electrons. The van der Waals surface area contributed by atoms with Crippen LogP contribution in [0.4, 0.5) is 0 Å². The third kappa shape index (κ3) is 13.2. The van der Waals surface area contributed by atoms with Gasteiger partial charge in [-0.2, -0.15) is 0 Å². The van der Waals surface area contributed by atoms with Crippen LogP contribution >= 0.6 is 0 Å². The molecule has 0 unspecified atom stereocenters. The van der Waals surface area contributed by atoms with Gasteiger partial charge in [0, 0.05) is 12.2 Å². The van der Waals surface area contributed by atoms with Crippen LogP contribution < -0.4 is 5.73 Å². The number of nitrogens with two attached hydrogens (primary N) is 1. The maximum atomic E-state index is 10.0. The normalized spacial score (nSPS) is 15.7. The Bertz CT molecular complexity index is 390. The van der Waals surface area contributed by atoms with E-state index in [0.717, 1.165) is 45.4 Å². The summed E-state index contributed by atoms with van der Waals surface area (Å²) in [7, 11) is 0. The molecule has 1 fully saturated rings. The monoisotopic (exact) mass is 333 g/mol. The Hall–Kier alpha value is -2.20. The summed E-state index contributed by atoms with van der Waals surface area (Å²) in [6.07, 6.45) is 4.11. The number of likely N-dealkylation sites (tertiary alicyclic amines) is 1. The quantitative estimate of drug-likeness (QED) is 0.315. The molecule has 0 aromatic heterocycles. The number of carboxylic acids is 2. The average Bonchev–Trinajstić information content (AvgIpc) is 2.50. The Morgan fingerprint density at radius 2 is 1.78 bits per heavy atom. The Balaban J connectivity index is 0.000000515. The van der Waals surface area contributed by atoms with Gasteiger partial charge in [0.05, 0.1) is 6.61 Å². The van der Waals surface area contributed by atoms with E-state index in [4.69, 9.17) is 15.9 Å². The number of piperidine rings is 1. The lowest BCUT2D eigenvalue weighted by atomic mass is 9.98. The maximum absolute atomic E-state index is 10.0. The van der Waals surface area contributed by atoms with Gasteiger partial charge < -0.3 is 25.7 Å². The van der Waals surface area contributed by atoms with Crippen molar-refractivity contribution in [2.45, 2.75) is 19.3 Å². The van der Waals surface area contributed by atoms with Crippen molar-refractivity contribution < 1.29 is 29.7 Å². The Labute approximate surface area is 133 Å². The van der Waals surface area contributed by atoms with E-state index < -0.39 is 17.0 Å². The first-order chi connectivity index (χ1) is 10.8. The third-order valence-electron chi connectivity index (χ3n) is 3.17. The highest BCUT2D eigenvalue weighted by molar-refractivity contribution is 5.89. The first kappa shape index (κ1) is 20.8. The molecule has 0 saturated carbocycles. The minimum Gasteiger partial charge on any atom is -0.478 e. The van der Waals surface area contributed by atoms with Gasteiger partial charge in [-0.1, -0.05) is 0 Å². The molecule has 1 aliphatic heterocycles. The molecule has 0 aliphatic carbocycles. The van der Waals surface area contributed by atoms with E-state index in [0.29, 0.717) is 18.1 Å². The molecule has 0 amide bonds. The zero-order valence-electron chi connectivity index (χ0n) is 12.8. The topological polar surface area (TPSA) is 156 Å². The van der Waals surface area contributed by atoms with Gasteiger partial charge in [0.1, 0.15) is 0 Å². The van der Waals surface area contributed by atoms with E-state index in [2.05, 4.69) is 9.74 Å². The van der Waals surface area contributed by atoms with Gasteiger partial charge in [0.2, 0.25) is 0 Å². The molecule has 0 spiro atoms. The highest BCUT2D eigenvalue weighted by Gasteiger charge is 2.19. The molecule has 10 nitrogen and oxygen atoms in total. The minimum atomic E-state index is -1.26. The van der Waals surface area contributed by atoms with E-state index in [1.54, 1.807) is 0 Å². The second kappa shape index (κ2) is 12.4. The van der Waals surface area contributed by atoms with Crippen molar-refractivity contribution in [2.75, 3.05) is 32.8 Å². The predicted molar refractivity (Wildman–Crippen MR) is 80.2 cm³/mol. The smallest absolute Gasteiger partial charge is 0.328 e. The molecule has 10 heteroatoms. The van der Waals surface area contributed by atoms with Crippen molar-refractivity contribution in [1.82, 2.24) is 4.90 Å². The first-order valence-electron chi connectivity index (χ1n) is 7.18. The van der Waals surface area contributed by atoms with Crippen molar-refractivity contribution in [3.8, 4) is 0 Å². The fraction of sp³-hybridized carbons (Fsp3) is 0.692. The van der Waals surface area contributed by atoms with Gasteiger partial charge in [-0.25, -0.2) is 9.59 Å². The van der Waals surface area contributed by atoms with Crippen molar-refractivity contribution in [2.24, 2.45) is 11.7 Å². The van der Waals surface area contributed by atoms with Gasteiger partial charge in [0.15, 0.2) is 0 Å².